The second-order valence-electron chi connectivity index (χ2n) is 5.65. The van der Waals surface area contributed by atoms with Gasteiger partial charge in [-0.1, -0.05) is 12.1 Å². The average Bonchev–Trinajstić information content (AvgIpc) is 2.97. The monoisotopic (exact) mass is 328 g/mol. The Morgan fingerprint density at radius 2 is 1.81 bits per heavy atom. The summed E-state index contributed by atoms with van der Waals surface area (Å²) in [5.74, 6) is -0.201. The molecule has 114 valence electrons. The molecule has 0 aliphatic heterocycles. The molecule has 0 saturated heterocycles. The van der Waals surface area contributed by atoms with Crippen molar-refractivity contribution >= 4 is 35.0 Å². The van der Waals surface area contributed by atoms with E-state index in [4.69, 9.17) is 23.2 Å². The van der Waals surface area contributed by atoms with Crippen LogP contribution in [0.25, 0.3) is 0 Å². The van der Waals surface area contributed by atoms with E-state index in [1.54, 1.807) is 38.1 Å². The zero-order valence-electron chi connectivity index (χ0n) is 12.2. The number of amides is 2. The van der Waals surface area contributed by atoms with Gasteiger partial charge in [0.25, 0.3) is 5.91 Å². The van der Waals surface area contributed by atoms with E-state index in [1.807, 2.05) is 12.1 Å². The summed E-state index contributed by atoms with van der Waals surface area (Å²) in [5, 5.41) is 2.56. The minimum atomic E-state index is -0.957. The quantitative estimate of drug-likeness (QED) is 0.863. The van der Waals surface area contributed by atoms with Gasteiger partial charge in [0.05, 0.1) is 5.41 Å². The van der Waals surface area contributed by atoms with Gasteiger partial charge in [-0.2, -0.15) is 0 Å². The summed E-state index contributed by atoms with van der Waals surface area (Å²) in [7, 11) is 3.31. The van der Waals surface area contributed by atoms with E-state index in [-0.39, 0.29) is 11.8 Å². The molecule has 0 radical (unpaired) electrons. The lowest BCUT2D eigenvalue weighted by atomic mass is 10.1. The highest BCUT2D eigenvalue weighted by Crippen LogP contribution is 2.64. The van der Waals surface area contributed by atoms with E-state index in [2.05, 4.69) is 5.32 Å². The van der Waals surface area contributed by atoms with Crippen LogP contribution in [0.4, 0.5) is 0 Å². The molecule has 6 heteroatoms. The van der Waals surface area contributed by atoms with Crippen molar-refractivity contribution in [2.45, 2.75) is 24.2 Å². The van der Waals surface area contributed by atoms with Crippen LogP contribution >= 0.6 is 23.2 Å². The molecular formula is C15H18Cl2N2O2. The molecule has 0 unspecified atom stereocenters. The first-order chi connectivity index (χ1) is 9.71. The molecule has 21 heavy (non-hydrogen) atoms. The molecule has 0 heterocycles. The predicted octanol–water partition coefficient (Wildman–Crippen LogP) is 2.59. The highest BCUT2D eigenvalue weighted by Gasteiger charge is 2.68. The Morgan fingerprint density at radius 1 is 1.29 bits per heavy atom. The molecule has 1 N–H and O–H groups in total. The molecule has 1 aliphatic rings. The largest absolute Gasteiger partial charge is 0.355 e. The van der Waals surface area contributed by atoms with Crippen molar-refractivity contribution in [2.75, 3.05) is 14.1 Å². The molecule has 1 atom stereocenters. The third kappa shape index (κ3) is 3.01. The lowest BCUT2D eigenvalue weighted by Crippen LogP contribution is -2.34. The molecule has 0 spiro atoms. The minimum absolute atomic E-state index is 0.0668. The number of hydrogen-bond donors (Lipinski definition) is 1. The van der Waals surface area contributed by atoms with E-state index < -0.39 is 9.75 Å². The fourth-order valence-corrected chi connectivity index (χ4v) is 3.00. The summed E-state index contributed by atoms with van der Waals surface area (Å²) in [6, 6.07) is 7.13. The van der Waals surface area contributed by atoms with Gasteiger partial charge >= 0.3 is 0 Å². The number of nitrogens with zero attached hydrogens (tertiary/aromatic N) is 1. The van der Waals surface area contributed by atoms with Crippen LogP contribution in [0.1, 0.15) is 29.3 Å². The van der Waals surface area contributed by atoms with Gasteiger partial charge in [-0.25, -0.2) is 0 Å². The lowest BCUT2D eigenvalue weighted by Gasteiger charge is -2.22. The van der Waals surface area contributed by atoms with Crippen LogP contribution in [0.15, 0.2) is 24.3 Å². The number of hydrogen-bond acceptors (Lipinski definition) is 2. The number of nitrogens with one attached hydrogen (secondary N) is 1. The van der Waals surface area contributed by atoms with Gasteiger partial charge in [0, 0.05) is 26.2 Å². The Bertz CT molecular complexity index is 572. The molecule has 4 nitrogen and oxygen atoms in total. The zero-order chi connectivity index (χ0) is 15.8. The molecule has 1 aromatic rings. The number of carbonyl (C=O) groups excluding carboxylic acids is 2. The SMILES string of the molecule is CNC(=O)c1ccc(CN(C)C(=O)[C@]2(C)CC2(Cl)Cl)cc1. The summed E-state index contributed by atoms with van der Waals surface area (Å²) in [6.45, 7) is 2.23. The first-order valence-corrected chi connectivity index (χ1v) is 7.41. The standard InChI is InChI=1S/C15H18Cl2N2O2/c1-14(9-15(14,16)17)13(21)19(3)8-10-4-6-11(7-5-10)12(20)18-2/h4-7H,8-9H2,1-3H3,(H,18,20)/t14-/m0/s1. The van der Waals surface area contributed by atoms with Crippen LogP contribution in [0.5, 0.6) is 0 Å². The van der Waals surface area contributed by atoms with Gasteiger partial charge in [0.15, 0.2) is 0 Å². The highest BCUT2D eigenvalue weighted by atomic mass is 35.5. The van der Waals surface area contributed by atoms with Gasteiger partial charge in [-0.15, -0.1) is 23.2 Å². The van der Waals surface area contributed by atoms with Crippen LogP contribution in [-0.2, 0) is 11.3 Å². The number of alkyl halides is 2. The summed E-state index contributed by atoms with van der Waals surface area (Å²) < 4.78 is -0.957. The van der Waals surface area contributed by atoms with Gasteiger partial charge in [0.2, 0.25) is 5.91 Å². The fraction of sp³-hybridized carbons (Fsp3) is 0.467. The number of benzene rings is 1. The molecule has 1 saturated carbocycles. The van der Waals surface area contributed by atoms with E-state index in [1.165, 1.54) is 0 Å². The Kier molecular flexibility index (Phi) is 4.22. The first kappa shape index (κ1) is 16.1. The Morgan fingerprint density at radius 3 is 2.24 bits per heavy atom. The van der Waals surface area contributed by atoms with Crippen molar-refractivity contribution in [2.24, 2.45) is 5.41 Å². The normalized spacial score (nSPS) is 22.5. The summed E-state index contributed by atoms with van der Waals surface area (Å²) in [5.41, 5.74) is 0.829. The van der Waals surface area contributed by atoms with Crippen molar-refractivity contribution in [3.8, 4) is 0 Å². The second kappa shape index (κ2) is 5.50. The van der Waals surface area contributed by atoms with Crippen molar-refractivity contribution in [3.63, 3.8) is 0 Å². The fourth-order valence-electron chi connectivity index (χ4n) is 2.30. The smallest absolute Gasteiger partial charge is 0.251 e. The van der Waals surface area contributed by atoms with Crippen molar-refractivity contribution in [3.05, 3.63) is 35.4 Å². The van der Waals surface area contributed by atoms with Crippen molar-refractivity contribution < 1.29 is 9.59 Å². The average molecular weight is 329 g/mol. The molecule has 0 aromatic heterocycles. The van der Waals surface area contributed by atoms with Crippen LogP contribution < -0.4 is 5.32 Å². The lowest BCUT2D eigenvalue weighted by molar-refractivity contribution is -0.135. The van der Waals surface area contributed by atoms with Crippen LogP contribution in [0.2, 0.25) is 0 Å². The maximum absolute atomic E-state index is 12.4. The molecule has 1 aromatic carbocycles. The van der Waals surface area contributed by atoms with Gasteiger partial charge in [-0.3, -0.25) is 9.59 Å². The first-order valence-electron chi connectivity index (χ1n) is 6.66. The number of rotatable bonds is 4. The van der Waals surface area contributed by atoms with Gasteiger partial charge < -0.3 is 10.2 Å². The summed E-state index contributed by atoms with van der Waals surface area (Å²) in [4.78, 5) is 25.4. The third-order valence-corrected chi connectivity index (χ3v) is 5.04. The topological polar surface area (TPSA) is 49.4 Å². The number of halogens is 2. The van der Waals surface area contributed by atoms with Crippen LogP contribution in [0, 0.1) is 5.41 Å². The second-order valence-corrected chi connectivity index (χ2v) is 7.13. The molecule has 1 aliphatic carbocycles. The minimum Gasteiger partial charge on any atom is -0.355 e. The zero-order valence-corrected chi connectivity index (χ0v) is 13.8. The summed E-state index contributed by atoms with van der Waals surface area (Å²) >= 11 is 12.1. The predicted molar refractivity (Wildman–Crippen MR) is 83.5 cm³/mol. The molecule has 2 amide bonds. The van der Waals surface area contributed by atoms with Gasteiger partial charge in [0.1, 0.15) is 4.33 Å². The van der Waals surface area contributed by atoms with Crippen LogP contribution in [-0.4, -0.2) is 35.1 Å². The molecule has 2 rings (SSSR count). The number of carbonyl (C=O) groups is 2. The molecule has 1 fully saturated rings. The van der Waals surface area contributed by atoms with E-state index in [0.717, 1.165) is 5.56 Å². The summed E-state index contributed by atoms with van der Waals surface area (Å²) in [6.07, 6.45) is 0.474. The Balaban J connectivity index is 2.02. The maximum Gasteiger partial charge on any atom is 0.251 e. The van der Waals surface area contributed by atoms with E-state index in [9.17, 15) is 9.59 Å². The Hall–Kier alpha value is -1.26. The molecular weight excluding hydrogens is 311 g/mol. The maximum atomic E-state index is 12.4. The van der Waals surface area contributed by atoms with E-state index in [0.29, 0.717) is 18.5 Å². The third-order valence-electron chi connectivity index (χ3n) is 3.94. The highest BCUT2D eigenvalue weighted by molar-refractivity contribution is 6.53. The van der Waals surface area contributed by atoms with Crippen LogP contribution in [0.3, 0.4) is 0 Å². The van der Waals surface area contributed by atoms with E-state index >= 15 is 0 Å². The van der Waals surface area contributed by atoms with Crippen molar-refractivity contribution in [1.82, 2.24) is 10.2 Å². The van der Waals surface area contributed by atoms with Gasteiger partial charge in [-0.05, 0) is 31.0 Å². The molecule has 0 bridgehead atoms. The van der Waals surface area contributed by atoms with Crippen molar-refractivity contribution in [1.29, 1.82) is 0 Å². The Labute approximate surface area is 134 Å².